The van der Waals surface area contributed by atoms with Crippen LogP contribution in [0.4, 0.5) is 9.39 Å². The zero-order valence-corrected chi connectivity index (χ0v) is 19.1. The molecule has 1 aliphatic heterocycles. The fraction of sp³-hybridized carbons (Fsp3) is 0.167. The minimum atomic E-state index is -0.970. The van der Waals surface area contributed by atoms with Crippen LogP contribution < -0.4 is 20.3 Å². The molecule has 0 saturated heterocycles. The van der Waals surface area contributed by atoms with Gasteiger partial charge in [0.15, 0.2) is 17.2 Å². The second kappa shape index (κ2) is 9.18. The summed E-state index contributed by atoms with van der Waals surface area (Å²) in [4.78, 5) is 39.0. The lowest BCUT2D eigenvalue weighted by Gasteiger charge is -2.25. The van der Waals surface area contributed by atoms with Crippen LogP contribution in [0.1, 0.15) is 17.4 Å². The van der Waals surface area contributed by atoms with E-state index in [0.717, 1.165) is 16.0 Å². The molecule has 1 N–H and O–H groups in total. The average Bonchev–Trinajstić information content (AvgIpc) is 3.28. The maximum Gasteiger partial charge on any atom is 0.359 e. The Morgan fingerprint density at radius 1 is 1.20 bits per heavy atom. The van der Waals surface area contributed by atoms with Crippen molar-refractivity contribution in [1.82, 2.24) is 9.78 Å². The lowest BCUT2D eigenvalue weighted by atomic mass is 10.2. The van der Waals surface area contributed by atoms with Crippen LogP contribution in [0.2, 0.25) is 0 Å². The molecule has 1 atom stereocenters. The van der Waals surface area contributed by atoms with Crippen molar-refractivity contribution in [1.29, 1.82) is 0 Å². The molecule has 1 unspecified atom stereocenters. The molecule has 4 aromatic rings. The first-order valence-electron chi connectivity index (χ1n) is 10.6. The van der Waals surface area contributed by atoms with Gasteiger partial charge in [-0.3, -0.25) is 9.59 Å². The molecule has 0 bridgehead atoms. The monoisotopic (exact) mass is 495 g/mol. The van der Waals surface area contributed by atoms with E-state index in [2.05, 4.69) is 10.4 Å². The highest BCUT2D eigenvalue weighted by Crippen LogP contribution is 2.33. The normalized spacial score (nSPS) is 14.5. The first-order valence-corrected chi connectivity index (χ1v) is 11.5. The van der Waals surface area contributed by atoms with Gasteiger partial charge in [0.1, 0.15) is 23.1 Å². The third-order valence-electron chi connectivity index (χ3n) is 5.24. The zero-order valence-electron chi connectivity index (χ0n) is 18.3. The smallest absolute Gasteiger partial charge is 0.359 e. The molecule has 11 heteroatoms. The molecule has 3 heterocycles. The number of para-hydroxylation sites is 3. The standard InChI is InChI=1S/C24H18FN3O6S/c1-2-32-24(31)20-13-12-35-22(19(13)23(30)28(27-20)15-8-4-3-7-14(15)25)26-21(29)18-11-33-16-9-5-6-10-17(16)34-18/h3-10,12,18H,2,11H2,1H3,(H,26,29). The quantitative estimate of drug-likeness (QED) is 0.422. The lowest BCUT2D eigenvalue weighted by molar-refractivity contribution is -0.125. The predicted molar refractivity (Wildman–Crippen MR) is 126 cm³/mol. The van der Waals surface area contributed by atoms with E-state index in [9.17, 15) is 18.8 Å². The Hall–Kier alpha value is -4.25. The molecule has 35 heavy (non-hydrogen) atoms. The molecule has 0 fully saturated rings. The Bertz CT molecular complexity index is 1510. The highest BCUT2D eigenvalue weighted by atomic mass is 32.1. The number of anilines is 1. The summed E-state index contributed by atoms with van der Waals surface area (Å²) in [6.07, 6.45) is -0.970. The number of halogens is 1. The van der Waals surface area contributed by atoms with Crippen molar-refractivity contribution < 1.29 is 28.2 Å². The number of amides is 1. The van der Waals surface area contributed by atoms with Crippen molar-refractivity contribution >= 4 is 39.0 Å². The largest absolute Gasteiger partial charge is 0.485 e. The van der Waals surface area contributed by atoms with E-state index < -0.39 is 29.4 Å². The van der Waals surface area contributed by atoms with Crippen molar-refractivity contribution in [2.45, 2.75) is 13.0 Å². The number of aromatic nitrogens is 2. The summed E-state index contributed by atoms with van der Waals surface area (Å²) in [5.41, 5.74) is -1.03. The van der Waals surface area contributed by atoms with Crippen molar-refractivity contribution in [3.63, 3.8) is 0 Å². The van der Waals surface area contributed by atoms with Crippen LogP contribution in [0, 0.1) is 5.82 Å². The molecule has 0 radical (unpaired) electrons. The van der Waals surface area contributed by atoms with Crippen molar-refractivity contribution in [2.24, 2.45) is 0 Å². The van der Waals surface area contributed by atoms with E-state index in [1.807, 2.05) is 0 Å². The maximum absolute atomic E-state index is 14.5. The van der Waals surface area contributed by atoms with Crippen molar-refractivity contribution in [3.8, 4) is 17.2 Å². The third kappa shape index (κ3) is 4.10. The fourth-order valence-electron chi connectivity index (χ4n) is 3.62. The molecule has 0 spiro atoms. The van der Waals surface area contributed by atoms with Crippen LogP contribution in [-0.2, 0) is 9.53 Å². The summed E-state index contributed by atoms with van der Waals surface area (Å²) in [6.45, 7) is 1.68. The number of carbonyl (C=O) groups excluding carboxylic acids is 2. The van der Waals surface area contributed by atoms with Gasteiger partial charge < -0.3 is 19.5 Å². The number of hydrogen-bond donors (Lipinski definition) is 1. The molecule has 2 aromatic heterocycles. The number of esters is 1. The Kier molecular flexibility index (Phi) is 5.91. The number of rotatable bonds is 5. The molecule has 0 aliphatic carbocycles. The van der Waals surface area contributed by atoms with E-state index >= 15 is 0 Å². The van der Waals surface area contributed by atoms with Crippen LogP contribution in [0.3, 0.4) is 0 Å². The molecule has 0 saturated carbocycles. The van der Waals surface area contributed by atoms with Gasteiger partial charge in [-0.2, -0.15) is 9.78 Å². The van der Waals surface area contributed by atoms with Gasteiger partial charge in [0.25, 0.3) is 11.5 Å². The number of ether oxygens (including phenoxy) is 3. The Balaban J connectivity index is 1.57. The van der Waals surface area contributed by atoms with Gasteiger partial charge in [0, 0.05) is 10.8 Å². The summed E-state index contributed by atoms with van der Waals surface area (Å²) in [5, 5.41) is 8.65. The molecular formula is C24H18FN3O6S. The SMILES string of the molecule is CCOC(=O)c1nn(-c2ccccc2F)c(=O)c2c(NC(=O)C3COc4ccccc4O3)scc12. The second-order valence-electron chi connectivity index (χ2n) is 7.44. The molecule has 1 amide bonds. The predicted octanol–water partition coefficient (Wildman–Crippen LogP) is 3.54. The topological polar surface area (TPSA) is 109 Å². The van der Waals surface area contributed by atoms with E-state index in [-0.39, 0.29) is 40.4 Å². The van der Waals surface area contributed by atoms with Gasteiger partial charge in [0.05, 0.1) is 12.0 Å². The number of benzene rings is 2. The molecular weight excluding hydrogens is 477 g/mol. The number of carbonyl (C=O) groups is 2. The van der Waals surface area contributed by atoms with Crippen molar-refractivity contribution in [2.75, 3.05) is 18.5 Å². The summed E-state index contributed by atoms with van der Waals surface area (Å²) < 4.78 is 31.7. The summed E-state index contributed by atoms with van der Waals surface area (Å²) >= 11 is 1.03. The van der Waals surface area contributed by atoms with Gasteiger partial charge in [-0.15, -0.1) is 11.3 Å². The second-order valence-corrected chi connectivity index (χ2v) is 8.32. The first kappa shape index (κ1) is 22.5. The minimum Gasteiger partial charge on any atom is -0.485 e. The van der Waals surface area contributed by atoms with E-state index in [1.165, 1.54) is 29.6 Å². The molecule has 5 rings (SSSR count). The molecule has 178 valence electrons. The minimum absolute atomic E-state index is 0.00165. The van der Waals surface area contributed by atoms with Crippen LogP contribution in [0.25, 0.3) is 16.5 Å². The molecule has 9 nitrogen and oxygen atoms in total. The van der Waals surface area contributed by atoms with Gasteiger partial charge in [0.2, 0.25) is 6.10 Å². The molecule has 2 aromatic carbocycles. The number of thiophene rings is 1. The van der Waals surface area contributed by atoms with Crippen LogP contribution in [0.15, 0.2) is 58.7 Å². The van der Waals surface area contributed by atoms with Crippen molar-refractivity contribution in [3.05, 3.63) is 75.8 Å². The Morgan fingerprint density at radius 3 is 2.71 bits per heavy atom. The molecule has 1 aliphatic rings. The maximum atomic E-state index is 14.5. The summed E-state index contributed by atoms with van der Waals surface area (Å²) in [5.74, 6) is -1.08. The highest BCUT2D eigenvalue weighted by Gasteiger charge is 2.29. The van der Waals surface area contributed by atoms with Gasteiger partial charge in [-0.05, 0) is 31.2 Å². The Labute approximate surface area is 201 Å². The Morgan fingerprint density at radius 2 is 1.94 bits per heavy atom. The fourth-order valence-corrected chi connectivity index (χ4v) is 4.56. The summed E-state index contributed by atoms with van der Waals surface area (Å²) in [6, 6.07) is 12.5. The highest BCUT2D eigenvalue weighted by molar-refractivity contribution is 7.16. The number of fused-ring (bicyclic) bond motifs is 2. The number of nitrogens with zero attached hydrogens (tertiary/aromatic N) is 2. The van der Waals surface area contributed by atoms with Gasteiger partial charge in [-0.1, -0.05) is 24.3 Å². The van der Waals surface area contributed by atoms with Crippen LogP contribution >= 0.6 is 11.3 Å². The van der Waals surface area contributed by atoms with E-state index in [0.29, 0.717) is 11.5 Å². The number of hydrogen-bond acceptors (Lipinski definition) is 8. The average molecular weight is 495 g/mol. The van der Waals surface area contributed by atoms with Crippen LogP contribution in [-0.4, -0.2) is 41.0 Å². The van der Waals surface area contributed by atoms with Gasteiger partial charge in [-0.25, -0.2) is 9.18 Å². The lowest BCUT2D eigenvalue weighted by Crippen LogP contribution is -2.40. The van der Waals surface area contributed by atoms with E-state index in [1.54, 1.807) is 31.2 Å². The van der Waals surface area contributed by atoms with Gasteiger partial charge >= 0.3 is 5.97 Å². The first-order chi connectivity index (χ1) is 17.0. The van der Waals surface area contributed by atoms with E-state index in [4.69, 9.17) is 14.2 Å². The van der Waals surface area contributed by atoms with Crippen LogP contribution in [0.5, 0.6) is 11.5 Å². The number of nitrogens with one attached hydrogen (secondary N) is 1. The third-order valence-corrected chi connectivity index (χ3v) is 6.14. The zero-order chi connectivity index (χ0) is 24.5. The summed E-state index contributed by atoms with van der Waals surface area (Å²) in [7, 11) is 0.